The molecule has 1 aliphatic rings. The van der Waals surface area contributed by atoms with Crippen molar-refractivity contribution in [1.82, 2.24) is 5.32 Å². The minimum absolute atomic E-state index is 0.228. The Labute approximate surface area is 294 Å². The van der Waals surface area contributed by atoms with E-state index in [1.807, 2.05) is 5.32 Å². The average molecular weight is 717 g/mol. The van der Waals surface area contributed by atoms with E-state index in [2.05, 4.69) is 5.32 Å². The SMILES string of the molecule is CC(C(=O)OCC1(C(=O)NCC(F)(F)F)c2ccccc2-c2ccccc21)c1ccc(NC(=O)c2ccccc2-c2ccc(C(F)(F)F)cc2)cc1. The Morgan fingerprint density at radius 3 is 1.79 bits per heavy atom. The lowest BCUT2D eigenvalue weighted by Gasteiger charge is -2.31. The third-order valence-corrected chi connectivity index (χ3v) is 9.05. The Morgan fingerprint density at radius 1 is 0.692 bits per heavy atom. The Bertz CT molecular complexity index is 2080. The third kappa shape index (κ3) is 7.14. The van der Waals surface area contributed by atoms with Crippen molar-refractivity contribution in [1.29, 1.82) is 0 Å². The molecule has 12 heteroatoms. The molecule has 0 heterocycles. The van der Waals surface area contributed by atoms with Gasteiger partial charge in [-0.3, -0.25) is 14.4 Å². The minimum atomic E-state index is -4.67. The number of rotatable bonds is 9. The predicted octanol–water partition coefficient (Wildman–Crippen LogP) is 8.92. The molecule has 1 unspecified atom stereocenters. The summed E-state index contributed by atoms with van der Waals surface area (Å²) in [6.07, 6.45) is -9.16. The lowest BCUT2D eigenvalue weighted by molar-refractivity contribution is -0.150. The van der Waals surface area contributed by atoms with E-state index in [4.69, 9.17) is 4.74 Å². The van der Waals surface area contributed by atoms with Gasteiger partial charge in [0.05, 0.1) is 11.5 Å². The summed E-state index contributed by atoms with van der Waals surface area (Å²) in [6.45, 7) is -0.546. The molecular formula is C40H30F6N2O4. The Kier molecular flexibility index (Phi) is 9.67. The fourth-order valence-corrected chi connectivity index (χ4v) is 6.39. The maximum Gasteiger partial charge on any atom is 0.416 e. The fourth-order valence-electron chi connectivity index (χ4n) is 6.39. The van der Waals surface area contributed by atoms with E-state index in [-0.39, 0.29) is 5.56 Å². The van der Waals surface area contributed by atoms with Crippen molar-refractivity contribution in [3.8, 4) is 22.3 Å². The zero-order chi connectivity index (χ0) is 37.3. The molecule has 0 spiro atoms. The number of hydrogen-bond acceptors (Lipinski definition) is 4. The summed E-state index contributed by atoms with van der Waals surface area (Å²) >= 11 is 0. The highest BCUT2D eigenvalue weighted by Gasteiger charge is 2.51. The predicted molar refractivity (Wildman–Crippen MR) is 182 cm³/mol. The molecule has 5 aromatic rings. The van der Waals surface area contributed by atoms with Gasteiger partial charge < -0.3 is 15.4 Å². The molecule has 6 nitrogen and oxygen atoms in total. The Balaban J connectivity index is 1.18. The van der Waals surface area contributed by atoms with Crippen molar-refractivity contribution in [3.05, 3.63) is 149 Å². The summed E-state index contributed by atoms with van der Waals surface area (Å²) in [5, 5.41) is 4.76. The number of carbonyl (C=O) groups excluding carboxylic acids is 3. The Morgan fingerprint density at radius 2 is 1.23 bits per heavy atom. The fraction of sp³-hybridized carbons (Fsp3) is 0.175. The summed E-state index contributed by atoms with van der Waals surface area (Å²) in [5.74, 6) is -3.07. The van der Waals surface area contributed by atoms with E-state index in [1.54, 1.807) is 104 Å². The molecule has 0 radical (unpaired) electrons. The van der Waals surface area contributed by atoms with E-state index in [0.29, 0.717) is 44.6 Å². The first-order valence-corrected chi connectivity index (χ1v) is 16.1. The first-order valence-electron chi connectivity index (χ1n) is 16.1. The zero-order valence-electron chi connectivity index (χ0n) is 27.4. The van der Waals surface area contributed by atoms with Gasteiger partial charge in [0.1, 0.15) is 18.6 Å². The van der Waals surface area contributed by atoms with Gasteiger partial charge in [0.2, 0.25) is 5.91 Å². The van der Waals surface area contributed by atoms with Gasteiger partial charge in [-0.05, 0) is 76.2 Å². The van der Waals surface area contributed by atoms with E-state index in [1.165, 1.54) is 12.1 Å². The van der Waals surface area contributed by atoms with Crippen LogP contribution in [0.3, 0.4) is 0 Å². The summed E-state index contributed by atoms with van der Waals surface area (Å²) in [5.41, 5.74) is 1.51. The lowest BCUT2D eigenvalue weighted by Crippen LogP contribution is -2.50. The molecule has 52 heavy (non-hydrogen) atoms. The third-order valence-electron chi connectivity index (χ3n) is 9.05. The highest BCUT2D eigenvalue weighted by Crippen LogP contribution is 2.49. The number of nitrogens with one attached hydrogen (secondary N) is 2. The van der Waals surface area contributed by atoms with Gasteiger partial charge in [-0.1, -0.05) is 91.0 Å². The van der Waals surface area contributed by atoms with Gasteiger partial charge in [-0.2, -0.15) is 26.3 Å². The highest BCUT2D eigenvalue weighted by atomic mass is 19.4. The van der Waals surface area contributed by atoms with Crippen LogP contribution in [0.1, 0.15) is 45.5 Å². The van der Waals surface area contributed by atoms with Crippen LogP contribution < -0.4 is 10.6 Å². The number of hydrogen-bond donors (Lipinski definition) is 2. The maximum absolute atomic E-state index is 13.7. The summed E-state index contributed by atoms with van der Waals surface area (Å²) in [6, 6.07) is 30.9. The number of benzene rings is 5. The van der Waals surface area contributed by atoms with Crippen molar-refractivity contribution < 1.29 is 45.5 Å². The second kappa shape index (κ2) is 14.0. The van der Waals surface area contributed by atoms with Crippen molar-refractivity contribution in [2.45, 2.75) is 30.6 Å². The van der Waals surface area contributed by atoms with Crippen molar-refractivity contribution in [2.24, 2.45) is 0 Å². The molecule has 0 aliphatic heterocycles. The van der Waals surface area contributed by atoms with Crippen LogP contribution >= 0.6 is 0 Å². The molecule has 2 amide bonds. The van der Waals surface area contributed by atoms with E-state index < -0.39 is 60.2 Å². The molecule has 266 valence electrons. The smallest absolute Gasteiger partial charge is 0.416 e. The molecule has 0 fully saturated rings. The topological polar surface area (TPSA) is 84.5 Å². The summed E-state index contributed by atoms with van der Waals surface area (Å²) in [7, 11) is 0. The number of carbonyl (C=O) groups is 3. The number of fused-ring (bicyclic) bond motifs is 3. The van der Waals surface area contributed by atoms with Crippen LogP contribution in [0.2, 0.25) is 0 Å². The summed E-state index contributed by atoms with van der Waals surface area (Å²) in [4.78, 5) is 40.4. The first kappa shape index (κ1) is 35.9. The number of amides is 2. The second-order valence-electron chi connectivity index (χ2n) is 12.3. The Hall–Kier alpha value is -5.91. The lowest BCUT2D eigenvalue weighted by atomic mass is 9.77. The normalized spacial score (nSPS) is 13.8. The van der Waals surface area contributed by atoms with Crippen LogP contribution in [-0.4, -0.2) is 37.1 Å². The standard InChI is InChI=1S/C40H30F6N2O4/c1-24(25-16-20-28(21-17-25)48-35(49)32-11-3-2-8-29(32)26-14-18-27(19-15-26)40(44,45)46)36(50)52-23-38(37(51)47-22-39(41,42)43)33-12-6-4-9-30(33)31-10-5-7-13-34(31)38/h2-21,24H,22-23H2,1H3,(H,47,51)(H,48,49). The molecule has 1 atom stereocenters. The molecule has 6 rings (SSSR count). The van der Waals surface area contributed by atoms with E-state index >= 15 is 0 Å². The van der Waals surface area contributed by atoms with Crippen LogP contribution in [-0.2, 0) is 25.9 Å². The number of anilines is 1. The number of halogens is 6. The van der Waals surface area contributed by atoms with Crippen LogP contribution in [0.25, 0.3) is 22.3 Å². The van der Waals surface area contributed by atoms with Gasteiger partial charge in [-0.15, -0.1) is 0 Å². The van der Waals surface area contributed by atoms with Crippen LogP contribution in [0.15, 0.2) is 121 Å². The minimum Gasteiger partial charge on any atom is -0.463 e. The molecule has 0 bridgehead atoms. The quantitative estimate of drug-likeness (QED) is 0.118. The molecule has 0 saturated carbocycles. The van der Waals surface area contributed by atoms with E-state index in [9.17, 15) is 40.7 Å². The first-order chi connectivity index (χ1) is 24.7. The van der Waals surface area contributed by atoms with Crippen LogP contribution in [0.4, 0.5) is 32.0 Å². The highest BCUT2D eigenvalue weighted by molar-refractivity contribution is 6.08. The maximum atomic E-state index is 13.7. The molecule has 2 N–H and O–H groups in total. The van der Waals surface area contributed by atoms with E-state index in [0.717, 1.165) is 12.1 Å². The molecule has 0 aromatic heterocycles. The van der Waals surface area contributed by atoms with Crippen molar-refractivity contribution >= 4 is 23.5 Å². The number of ether oxygens (including phenoxy) is 1. The zero-order valence-corrected chi connectivity index (χ0v) is 27.4. The summed E-state index contributed by atoms with van der Waals surface area (Å²) < 4.78 is 84.5. The average Bonchev–Trinajstić information content (AvgIpc) is 3.42. The molecule has 1 aliphatic carbocycles. The van der Waals surface area contributed by atoms with Gasteiger partial charge in [-0.25, -0.2) is 0 Å². The van der Waals surface area contributed by atoms with Crippen LogP contribution in [0.5, 0.6) is 0 Å². The van der Waals surface area contributed by atoms with Gasteiger partial charge >= 0.3 is 18.3 Å². The largest absolute Gasteiger partial charge is 0.463 e. The van der Waals surface area contributed by atoms with Gasteiger partial charge in [0.25, 0.3) is 5.91 Å². The monoisotopic (exact) mass is 716 g/mol. The second-order valence-corrected chi connectivity index (χ2v) is 12.3. The van der Waals surface area contributed by atoms with Gasteiger partial charge in [0, 0.05) is 11.3 Å². The molecule has 5 aromatic carbocycles. The number of alkyl halides is 6. The number of esters is 1. The van der Waals surface area contributed by atoms with Gasteiger partial charge in [0.15, 0.2) is 0 Å². The van der Waals surface area contributed by atoms with Crippen LogP contribution in [0, 0.1) is 0 Å². The van der Waals surface area contributed by atoms with Crippen molar-refractivity contribution in [3.63, 3.8) is 0 Å². The molecule has 0 saturated heterocycles. The molecular weight excluding hydrogens is 686 g/mol. The van der Waals surface area contributed by atoms with Crippen molar-refractivity contribution in [2.75, 3.05) is 18.5 Å².